The van der Waals surface area contributed by atoms with Crippen molar-refractivity contribution < 1.29 is 14.6 Å². The predicted octanol–water partition coefficient (Wildman–Crippen LogP) is 1.90. The van der Waals surface area contributed by atoms with E-state index >= 15 is 0 Å². The predicted molar refractivity (Wildman–Crippen MR) is 94.5 cm³/mol. The molecule has 0 amide bonds. The molecule has 1 aromatic carbocycles. The topological polar surface area (TPSA) is 45.2 Å². The van der Waals surface area contributed by atoms with Gasteiger partial charge in [-0.05, 0) is 18.9 Å². The van der Waals surface area contributed by atoms with Crippen LogP contribution < -0.4 is 9.47 Å². The van der Waals surface area contributed by atoms with Crippen molar-refractivity contribution in [2.75, 3.05) is 33.9 Å². The summed E-state index contributed by atoms with van der Waals surface area (Å²) in [4.78, 5) is 4.86. The minimum absolute atomic E-state index is 0.163. The molecule has 0 aliphatic carbocycles. The maximum absolute atomic E-state index is 10.6. The minimum Gasteiger partial charge on any atom is -0.497 e. The molecule has 24 heavy (non-hydrogen) atoms. The Kier molecular flexibility index (Phi) is 5.43. The van der Waals surface area contributed by atoms with Crippen LogP contribution in [0.1, 0.15) is 18.4 Å². The van der Waals surface area contributed by atoms with Gasteiger partial charge >= 0.3 is 0 Å². The van der Waals surface area contributed by atoms with E-state index in [0.29, 0.717) is 6.04 Å². The molecule has 5 heteroatoms. The van der Waals surface area contributed by atoms with Gasteiger partial charge in [0.2, 0.25) is 0 Å². The van der Waals surface area contributed by atoms with Gasteiger partial charge in [0, 0.05) is 49.9 Å². The van der Waals surface area contributed by atoms with Crippen LogP contribution in [0.5, 0.6) is 11.5 Å². The van der Waals surface area contributed by atoms with Crippen LogP contribution in [-0.4, -0.2) is 66.9 Å². The van der Waals surface area contributed by atoms with Gasteiger partial charge in [-0.2, -0.15) is 0 Å². The number of hydrogen-bond donors (Lipinski definition) is 1. The second-order valence-electron chi connectivity index (χ2n) is 6.72. The average Bonchev–Trinajstić information content (AvgIpc) is 2.84. The quantitative estimate of drug-likeness (QED) is 0.806. The van der Waals surface area contributed by atoms with Gasteiger partial charge in [-0.15, -0.1) is 6.58 Å². The zero-order valence-electron chi connectivity index (χ0n) is 14.6. The number of aliphatic hydroxyl groups is 1. The first-order valence-corrected chi connectivity index (χ1v) is 8.64. The number of hydrogen-bond acceptors (Lipinski definition) is 5. The maximum Gasteiger partial charge on any atom is 0.127 e. The van der Waals surface area contributed by atoms with Crippen LogP contribution in [0.3, 0.4) is 0 Å². The lowest BCUT2D eigenvalue weighted by molar-refractivity contribution is -0.00453. The van der Waals surface area contributed by atoms with Crippen LogP contribution in [0.4, 0.5) is 0 Å². The summed E-state index contributed by atoms with van der Waals surface area (Å²) >= 11 is 0. The summed E-state index contributed by atoms with van der Waals surface area (Å²) < 4.78 is 10.8. The van der Waals surface area contributed by atoms with Gasteiger partial charge in [-0.3, -0.25) is 9.80 Å². The summed E-state index contributed by atoms with van der Waals surface area (Å²) in [5.41, 5.74) is 1.13. The van der Waals surface area contributed by atoms with Gasteiger partial charge in [0.05, 0.1) is 20.3 Å². The van der Waals surface area contributed by atoms with Crippen molar-refractivity contribution in [2.45, 2.75) is 37.6 Å². The highest BCUT2D eigenvalue weighted by Gasteiger charge is 2.40. The summed E-state index contributed by atoms with van der Waals surface area (Å²) in [6.45, 7) is 7.43. The highest BCUT2D eigenvalue weighted by Crippen LogP contribution is 2.32. The summed E-state index contributed by atoms with van der Waals surface area (Å²) in [7, 11) is 3.35. The molecular formula is C19H28N2O3. The standard InChI is InChI=1S/C19H28N2O3/c1-4-9-20-13-17-18(22)8-6-15(20)12-21(17)11-14-5-7-16(23-2)10-19(14)24-3/h4-5,7,10,15,17-18,22H,1,6,8-9,11-13H2,2-3H3/t15-,17+,18-/m0/s1. The van der Waals surface area contributed by atoms with Crippen molar-refractivity contribution in [3.05, 3.63) is 36.4 Å². The number of nitrogens with zero attached hydrogens (tertiary/aromatic N) is 2. The van der Waals surface area contributed by atoms with Crippen LogP contribution in [0.15, 0.2) is 30.9 Å². The van der Waals surface area contributed by atoms with E-state index < -0.39 is 0 Å². The third-order valence-corrected chi connectivity index (χ3v) is 5.32. The molecule has 0 aromatic heterocycles. The number of benzene rings is 1. The van der Waals surface area contributed by atoms with E-state index in [-0.39, 0.29) is 12.1 Å². The lowest BCUT2D eigenvalue weighted by Gasteiger charge is -2.44. The van der Waals surface area contributed by atoms with Crippen molar-refractivity contribution in [2.24, 2.45) is 0 Å². The summed E-state index contributed by atoms with van der Waals surface area (Å²) in [5.74, 6) is 1.64. The van der Waals surface area contributed by atoms with Crippen LogP contribution >= 0.6 is 0 Å². The highest BCUT2D eigenvalue weighted by atomic mass is 16.5. The van der Waals surface area contributed by atoms with Crippen molar-refractivity contribution in [3.8, 4) is 11.5 Å². The largest absolute Gasteiger partial charge is 0.497 e. The Morgan fingerprint density at radius 1 is 1.21 bits per heavy atom. The zero-order valence-corrected chi connectivity index (χ0v) is 14.6. The monoisotopic (exact) mass is 332 g/mol. The van der Waals surface area contributed by atoms with Gasteiger partial charge < -0.3 is 14.6 Å². The van der Waals surface area contributed by atoms with Gasteiger partial charge in [-0.25, -0.2) is 0 Å². The van der Waals surface area contributed by atoms with E-state index in [1.54, 1.807) is 14.2 Å². The fourth-order valence-corrected chi connectivity index (χ4v) is 3.99. The third kappa shape index (κ3) is 3.43. The van der Waals surface area contributed by atoms with Crippen LogP contribution in [0.2, 0.25) is 0 Å². The van der Waals surface area contributed by atoms with E-state index in [9.17, 15) is 5.11 Å². The van der Waals surface area contributed by atoms with Gasteiger partial charge in [0.15, 0.2) is 0 Å². The summed E-state index contributed by atoms with van der Waals surface area (Å²) in [6.07, 6.45) is 3.61. The van der Waals surface area contributed by atoms with E-state index in [1.807, 2.05) is 18.2 Å². The van der Waals surface area contributed by atoms with Crippen LogP contribution in [-0.2, 0) is 6.54 Å². The first-order valence-electron chi connectivity index (χ1n) is 8.64. The molecule has 4 rings (SSSR count). The van der Waals surface area contributed by atoms with E-state index in [1.165, 1.54) is 0 Å². The molecule has 0 radical (unpaired) electrons. The van der Waals surface area contributed by atoms with Crippen molar-refractivity contribution in [1.82, 2.24) is 9.80 Å². The molecule has 3 saturated heterocycles. The van der Waals surface area contributed by atoms with Gasteiger partial charge in [0.25, 0.3) is 0 Å². The number of ether oxygens (including phenoxy) is 2. The Labute approximate surface area is 144 Å². The Balaban J connectivity index is 1.79. The molecule has 0 unspecified atom stereocenters. The summed E-state index contributed by atoms with van der Waals surface area (Å²) in [5, 5.41) is 10.6. The zero-order chi connectivity index (χ0) is 17.1. The van der Waals surface area contributed by atoms with Gasteiger partial charge in [-0.1, -0.05) is 12.1 Å². The maximum atomic E-state index is 10.6. The Hall–Kier alpha value is -1.56. The van der Waals surface area contributed by atoms with Crippen molar-refractivity contribution in [1.29, 1.82) is 0 Å². The molecule has 3 fully saturated rings. The number of piperazine rings is 1. The fourth-order valence-electron chi connectivity index (χ4n) is 3.99. The van der Waals surface area contributed by atoms with Gasteiger partial charge in [0.1, 0.15) is 11.5 Å². The molecule has 3 aliphatic rings. The SMILES string of the molecule is C=CCN1C[C@@H]2[C@@H](O)CC[C@H]1CN2Cc1ccc(OC)cc1OC. The average molecular weight is 332 g/mol. The van der Waals surface area contributed by atoms with E-state index in [4.69, 9.17) is 9.47 Å². The molecule has 1 N–H and O–H groups in total. The molecule has 5 nitrogen and oxygen atoms in total. The van der Waals surface area contributed by atoms with E-state index in [0.717, 1.165) is 56.1 Å². The second-order valence-corrected chi connectivity index (χ2v) is 6.72. The molecule has 0 saturated carbocycles. The Morgan fingerprint density at radius 2 is 2.04 bits per heavy atom. The Bertz CT molecular complexity index is 578. The first kappa shape index (κ1) is 17.3. The lowest BCUT2D eigenvalue weighted by Crippen LogP contribution is -2.58. The highest BCUT2D eigenvalue weighted by molar-refractivity contribution is 5.40. The number of aliphatic hydroxyl groups excluding tert-OH is 1. The Morgan fingerprint density at radius 3 is 2.75 bits per heavy atom. The van der Waals surface area contributed by atoms with Crippen LogP contribution in [0.25, 0.3) is 0 Å². The molecule has 1 aromatic rings. The fraction of sp³-hybridized carbons (Fsp3) is 0.579. The molecule has 2 bridgehead atoms. The molecule has 0 spiro atoms. The number of rotatable bonds is 6. The normalized spacial score (nSPS) is 27.7. The van der Waals surface area contributed by atoms with Crippen molar-refractivity contribution in [3.63, 3.8) is 0 Å². The smallest absolute Gasteiger partial charge is 0.127 e. The first-order chi connectivity index (χ1) is 11.7. The second kappa shape index (κ2) is 7.55. The van der Waals surface area contributed by atoms with E-state index in [2.05, 4.69) is 22.4 Å². The molecule has 3 aliphatic heterocycles. The lowest BCUT2D eigenvalue weighted by atomic mass is 10.0. The third-order valence-electron chi connectivity index (χ3n) is 5.32. The van der Waals surface area contributed by atoms with Crippen molar-refractivity contribution >= 4 is 0 Å². The molecule has 3 heterocycles. The number of methoxy groups -OCH3 is 2. The summed E-state index contributed by atoms with van der Waals surface area (Å²) in [6, 6.07) is 6.60. The minimum atomic E-state index is -0.269. The van der Waals surface area contributed by atoms with Crippen LogP contribution in [0, 0.1) is 0 Å². The molecule has 3 atom stereocenters. The molecular weight excluding hydrogens is 304 g/mol. The molecule has 132 valence electrons. The number of fused-ring (bicyclic) bond motifs is 4.